The van der Waals surface area contributed by atoms with Crippen LogP contribution in [-0.4, -0.2) is 23.9 Å². The van der Waals surface area contributed by atoms with Crippen LogP contribution >= 0.6 is 0 Å². The van der Waals surface area contributed by atoms with E-state index < -0.39 is 0 Å². The van der Waals surface area contributed by atoms with Crippen molar-refractivity contribution < 1.29 is 0 Å². The Labute approximate surface area is 120 Å². The average molecular weight is 273 g/mol. The number of nitrogen functional groups attached to an aromatic ring is 1. The highest BCUT2D eigenvalue weighted by Gasteiger charge is 2.14. The molecule has 1 heterocycles. The third kappa shape index (κ3) is 2.71. The number of hydrogen-bond acceptors (Lipinski definition) is 4. The largest absolute Gasteiger partial charge is 0.394 e. The fraction of sp³-hybridized carbons (Fsp3) is 0.400. The molecule has 0 aliphatic carbocycles. The Morgan fingerprint density at radius 1 is 1.30 bits per heavy atom. The van der Waals surface area contributed by atoms with Gasteiger partial charge in [-0.3, -0.25) is 0 Å². The van der Waals surface area contributed by atoms with E-state index in [-0.39, 0.29) is 0 Å². The van der Waals surface area contributed by atoms with Crippen molar-refractivity contribution in [2.75, 3.05) is 30.0 Å². The maximum absolute atomic E-state index is 6.15. The molecule has 0 atom stereocenters. The van der Waals surface area contributed by atoms with E-state index >= 15 is 0 Å². The minimum atomic E-state index is 0.715. The summed E-state index contributed by atoms with van der Waals surface area (Å²) in [5.74, 6) is 0.874. The molecule has 0 radical (unpaired) electrons. The van der Waals surface area contributed by atoms with Gasteiger partial charge in [0.15, 0.2) is 5.82 Å². The van der Waals surface area contributed by atoms with Gasteiger partial charge in [0, 0.05) is 20.6 Å². The van der Waals surface area contributed by atoms with Gasteiger partial charge in [0.1, 0.15) is 0 Å². The van der Waals surface area contributed by atoms with Gasteiger partial charge in [0.05, 0.1) is 22.8 Å². The molecule has 20 heavy (non-hydrogen) atoms. The standard InChI is InChI=1S/C15H23N5/c1-5-10-20-15(14(16)11(2)18-20)17-12-8-6-7-9-13(12)19(3)4/h6-9,17H,5,10,16H2,1-4H3. The molecule has 0 fully saturated rings. The Bertz CT molecular complexity index is 586. The summed E-state index contributed by atoms with van der Waals surface area (Å²) in [6, 6.07) is 8.16. The van der Waals surface area contributed by atoms with Crippen molar-refractivity contribution in [3.63, 3.8) is 0 Å². The fourth-order valence-corrected chi connectivity index (χ4v) is 2.20. The lowest BCUT2D eigenvalue weighted by Gasteiger charge is -2.19. The van der Waals surface area contributed by atoms with Gasteiger partial charge in [-0.1, -0.05) is 19.1 Å². The highest BCUT2D eigenvalue weighted by Crippen LogP contribution is 2.31. The molecular formula is C15H23N5. The first-order valence-corrected chi connectivity index (χ1v) is 6.90. The number of nitrogens with two attached hydrogens (primary N) is 1. The van der Waals surface area contributed by atoms with E-state index in [9.17, 15) is 0 Å². The van der Waals surface area contributed by atoms with Gasteiger partial charge in [-0.2, -0.15) is 5.10 Å². The van der Waals surface area contributed by atoms with Gasteiger partial charge in [0.2, 0.25) is 0 Å². The third-order valence-corrected chi connectivity index (χ3v) is 3.25. The Morgan fingerprint density at radius 2 is 2.00 bits per heavy atom. The first-order valence-electron chi connectivity index (χ1n) is 6.90. The molecule has 0 unspecified atom stereocenters. The molecule has 2 rings (SSSR count). The molecule has 2 aromatic rings. The van der Waals surface area contributed by atoms with Gasteiger partial charge in [-0.25, -0.2) is 4.68 Å². The summed E-state index contributed by atoms with van der Waals surface area (Å²) in [5, 5.41) is 7.92. The molecule has 3 N–H and O–H groups in total. The summed E-state index contributed by atoms with van der Waals surface area (Å²) in [7, 11) is 4.05. The number of hydrogen-bond donors (Lipinski definition) is 2. The van der Waals surface area contributed by atoms with E-state index in [4.69, 9.17) is 5.73 Å². The topological polar surface area (TPSA) is 59.1 Å². The van der Waals surface area contributed by atoms with Crippen LogP contribution in [0.4, 0.5) is 22.9 Å². The minimum absolute atomic E-state index is 0.715. The second-order valence-electron chi connectivity index (χ2n) is 5.11. The van der Waals surface area contributed by atoms with Crippen molar-refractivity contribution in [3.05, 3.63) is 30.0 Å². The van der Waals surface area contributed by atoms with Crippen LogP contribution in [0.3, 0.4) is 0 Å². The summed E-state index contributed by atoms with van der Waals surface area (Å²) < 4.78 is 1.94. The predicted molar refractivity (Wildman–Crippen MR) is 85.7 cm³/mol. The Balaban J connectivity index is 2.39. The molecule has 0 aliphatic rings. The fourth-order valence-electron chi connectivity index (χ4n) is 2.20. The SMILES string of the molecule is CCCn1nc(C)c(N)c1Nc1ccccc1N(C)C. The van der Waals surface area contributed by atoms with Gasteiger partial charge in [-0.15, -0.1) is 0 Å². The summed E-state index contributed by atoms with van der Waals surface area (Å²) in [6.07, 6.45) is 1.02. The molecule has 1 aromatic carbocycles. The third-order valence-electron chi connectivity index (χ3n) is 3.25. The number of nitrogens with zero attached hydrogens (tertiary/aromatic N) is 3. The number of anilines is 4. The molecular weight excluding hydrogens is 250 g/mol. The lowest BCUT2D eigenvalue weighted by molar-refractivity contribution is 0.605. The highest BCUT2D eigenvalue weighted by atomic mass is 15.3. The summed E-state index contributed by atoms with van der Waals surface area (Å²) in [4.78, 5) is 2.08. The monoisotopic (exact) mass is 273 g/mol. The van der Waals surface area contributed by atoms with E-state index in [1.54, 1.807) is 0 Å². The summed E-state index contributed by atoms with van der Waals surface area (Å²) >= 11 is 0. The van der Waals surface area contributed by atoms with Crippen molar-refractivity contribution in [2.45, 2.75) is 26.8 Å². The van der Waals surface area contributed by atoms with Crippen molar-refractivity contribution in [2.24, 2.45) is 0 Å². The van der Waals surface area contributed by atoms with E-state index in [2.05, 4.69) is 28.3 Å². The molecule has 0 amide bonds. The van der Waals surface area contributed by atoms with Crippen LogP contribution in [0, 0.1) is 6.92 Å². The van der Waals surface area contributed by atoms with E-state index in [0.717, 1.165) is 35.9 Å². The number of nitrogens with one attached hydrogen (secondary N) is 1. The van der Waals surface area contributed by atoms with Crippen molar-refractivity contribution in [1.29, 1.82) is 0 Å². The van der Waals surface area contributed by atoms with Crippen LogP contribution < -0.4 is 16.0 Å². The van der Waals surface area contributed by atoms with E-state index in [0.29, 0.717) is 5.69 Å². The second kappa shape index (κ2) is 5.86. The minimum Gasteiger partial charge on any atom is -0.394 e. The molecule has 1 aromatic heterocycles. The number of para-hydroxylation sites is 2. The maximum Gasteiger partial charge on any atom is 0.152 e. The number of benzene rings is 1. The Hall–Kier alpha value is -2.17. The highest BCUT2D eigenvalue weighted by molar-refractivity contribution is 5.78. The summed E-state index contributed by atoms with van der Waals surface area (Å²) in [6.45, 7) is 4.92. The zero-order chi connectivity index (χ0) is 14.7. The van der Waals surface area contributed by atoms with Gasteiger partial charge < -0.3 is 16.0 Å². The Kier molecular flexibility index (Phi) is 4.17. The van der Waals surface area contributed by atoms with Crippen LogP contribution in [0.2, 0.25) is 0 Å². The van der Waals surface area contributed by atoms with E-state index in [1.165, 1.54) is 0 Å². The second-order valence-corrected chi connectivity index (χ2v) is 5.11. The average Bonchev–Trinajstić information content (AvgIpc) is 2.67. The van der Waals surface area contributed by atoms with Crippen LogP contribution in [0.5, 0.6) is 0 Å². The predicted octanol–water partition coefficient (Wildman–Crippen LogP) is 2.99. The molecule has 0 bridgehead atoms. The number of rotatable bonds is 5. The Morgan fingerprint density at radius 3 is 2.65 bits per heavy atom. The van der Waals surface area contributed by atoms with Crippen LogP contribution in [0.15, 0.2) is 24.3 Å². The van der Waals surface area contributed by atoms with Crippen LogP contribution in [-0.2, 0) is 6.54 Å². The van der Waals surface area contributed by atoms with Crippen molar-refractivity contribution in [3.8, 4) is 0 Å². The molecule has 0 saturated heterocycles. The quantitative estimate of drug-likeness (QED) is 0.879. The van der Waals surface area contributed by atoms with Crippen molar-refractivity contribution >= 4 is 22.9 Å². The molecule has 5 heteroatoms. The van der Waals surface area contributed by atoms with Crippen LogP contribution in [0.1, 0.15) is 19.0 Å². The zero-order valence-corrected chi connectivity index (χ0v) is 12.6. The molecule has 108 valence electrons. The van der Waals surface area contributed by atoms with Gasteiger partial charge in [-0.05, 0) is 25.5 Å². The maximum atomic E-state index is 6.15. The van der Waals surface area contributed by atoms with Gasteiger partial charge in [0.25, 0.3) is 0 Å². The molecule has 0 spiro atoms. The number of aryl methyl sites for hydroxylation is 2. The smallest absolute Gasteiger partial charge is 0.152 e. The summed E-state index contributed by atoms with van der Waals surface area (Å²) in [5.41, 5.74) is 9.88. The number of aromatic nitrogens is 2. The first-order chi connectivity index (χ1) is 9.54. The normalized spacial score (nSPS) is 10.6. The molecule has 0 saturated carbocycles. The van der Waals surface area contributed by atoms with E-state index in [1.807, 2.05) is 43.9 Å². The molecule has 5 nitrogen and oxygen atoms in total. The first kappa shape index (κ1) is 14.2. The van der Waals surface area contributed by atoms with Crippen molar-refractivity contribution in [1.82, 2.24) is 9.78 Å². The molecule has 0 aliphatic heterocycles. The lowest BCUT2D eigenvalue weighted by Crippen LogP contribution is -2.12. The van der Waals surface area contributed by atoms with Gasteiger partial charge >= 0.3 is 0 Å². The van der Waals surface area contributed by atoms with Crippen LogP contribution in [0.25, 0.3) is 0 Å². The zero-order valence-electron chi connectivity index (χ0n) is 12.6. The lowest BCUT2D eigenvalue weighted by atomic mass is 10.2.